The maximum absolute atomic E-state index is 10.9. The molecule has 0 aliphatic carbocycles. The first-order chi connectivity index (χ1) is 8.88. The fourth-order valence-corrected chi connectivity index (χ4v) is 2.41. The lowest BCUT2D eigenvalue weighted by atomic mass is 10.3. The summed E-state index contributed by atoms with van der Waals surface area (Å²) >= 11 is 1.32. The van der Waals surface area contributed by atoms with Gasteiger partial charge in [-0.05, 0) is 36.0 Å². The second-order valence-electron chi connectivity index (χ2n) is 3.53. The summed E-state index contributed by atoms with van der Waals surface area (Å²) in [6.45, 7) is 0. The van der Waals surface area contributed by atoms with Crippen molar-refractivity contribution in [1.82, 2.24) is 19.6 Å². The predicted octanol–water partition coefficient (Wildman–Crippen LogP) is 2.09. The van der Waals surface area contributed by atoms with E-state index in [1.54, 1.807) is 18.3 Å². The van der Waals surface area contributed by atoms with Crippen molar-refractivity contribution in [2.45, 2.75) is 10.2 Å². The molecule has 3 aromatic rings. The normalized spacial score (nSPS) is 10.7. The molecule has 3 aromatic heterocycles. The molecule has 0 fully saturated rings. The first-order valence-electron chi connectivity index (χ1n) is 5.26. The summed E-state index contributed by atoms with van der Waals surface area (Å²) < 4.78 is 1.86. The highest BCUT2D eigenvalue weighted by Gasteiger charge is 2.10. The van der Waals surface area contributed by atoms with Gasteiger partial charge >= 0.3 is 0 Å². The van der Waals surface area contributed by atoms with Crippen LogP contribution in [0.4, 0.5) is 0 Å². The minimum Gasteiger partial charge on any atom is -0.298 e. The summed E-state index contributed by atoms with van der Waals surface area (Å²) in [4.78, 5) is 15.1. The summed E-state index contributed by atoms with van der Waals surface area (Å²) in [5, 5.41) is 9.45. The third kappa shape index (κ3) is 1.86. The molecule has 0 radical (unpaired) electrons. The fourth-order valence-electron chi connectivity index (χ4n) is 1.55. The van der Waals surface area contributed by atoms with E-state index in [1.165, 1.54) is 11.8 Å². The van der Waals surface area contributed by atoms with Gasteiger partial charge in [0, 0.05) is 18.0 Å². The van der Waals surface area contributed by atoms with Gasteiger partial charge in [-0.1, -0.05) is 6.07 Å². The van der Waals surface area contributed by atoms with E-state index in [-0.39, 0.29) is 0 Å². The van der Waals surface area contributed by atoms with Crippen molar-refractivity contribution < 1.29 is 4.79 Å². The van der Waals surface area contributed by atoms with E-state index in [1.807, 2.05) is 28.8 Å². The molecule has 0 spiro atoms. The Balaban J connectivity index is 2.04. The molecule has 6 heteroatoms. The zero-order valence-electron chi connectivity index (χ0n) is 9.22. The summed E-state index contributed by atoms with van der Waals surface area (Å²) in [5.74, 6) is 0. The third-order valence-corrected chi connectivity index (χ3v) is 3.39. The Bertz CT molecular complexity index is 710. The molecule has 0 amide bonds. The summed E-state index contributed by atoms with van der Waals surface area (Å²) in [6.07, 6.45) is 4.32. The molecule has 0 N–H and O–H groups in total. The van der Waals surface area contributed by atoms with Crippen LogP contribution in [0.15, 0.2) is 52.9 Å². The van der Waals surface area contributed by atoms with E-state index >= 15 is 0 Å². The van der Waals surface area contributed by atoms with Crippen molar-refractivity contribution in [1.29, 1.82) is 0 Å². The van der Waals surface area contributed by atoms with Crippen molar-refractivity contribution in [3.8, 4) is 0 Å². The summed E-state index contributed by atoms with van der Waals surface area (Å²) in [7, 11) is 0. The molecule has 0 saturated carbocycles. The third-order valence-electron chi connectivity index (χ3n) is 2.40. The van der Waals surface area contributed by atoms with Gasteiger partial charge in [-0.15, -0.1) is 10.2 Å². The Kier molecular flexibility index (Phi) is 2.77. The SMILES string of the molecule is O=Cc1cccnc1Sc1nnc2ccccn12. The smallest absolute Gasteiger partial charge is 0.201 e. The van der Waals surface area contributed by atoms with Gasteiger partial charge in [-0.2, -0.15) is 0 Å². The standard InChI is InChI=1S/C12H8N4OS/c17-8-9-4-3-6-13-11(9)18-12-15-14-10-5-1-2-7-16(10)12/h1-8H. The first-order valence-corrected chi connectivity index (χ1v) is 6.08. The molecule has 0 aromatic carbocycles. The van der Waals surface area contributed by atoms with Crippen LogP contribution in [0.25, 0.3) is 5.65 Å². The van der Waals surface area contributed by atoms with Crippen molar-refractivity contribution in [2.24, 2.45) is 0 Å². The number of aromatic nitrogens is 4. The van der Waals surface area contributed by atoms with E-state index in [0.29, 0.717) is 15.7 Å². The Hall–Kier alpha value is -2.21. The van der Waals surface area contributed by atoms with Crippen molar-refractivity contribution in [2.75, 3.05) is 0 Å². The molecule has 0 aliphatic rings. The van der Waals surface area contributed by atoms with Crippen LogP contribution in [-0.4, -0.2) is 25.9 Å². The van der Waals surface area contributed by atoms with Gasteiger partial charge < -0.3 is 0 Å². The maximum Gasteiger partial charge on any atom is 0.201 e. The average Bonchev–Trinajstić information content (AvgIpc) is 2.83. The molecule has 3 heterocycles. The first kappa shape index (κ1) is 10.9. The van der Waals surface area contributed by atoms with Crippen LogP contribution in [0, 0.1) is 0 Å². The minimum atomic E-state index is 0.551. The van der Waals surface area contributed by atoms with Gasteiger partial charge in [-0.3, -0.25) is 9.20 Å². The zero-order chi connectivity index (χ0) is 12.4. The molecular formula is C12H8N4OS. The molecule has 18 heavy (non-hydrogen) atoms. The van der Waals surface area contributed by atoms with Crippen molar-refractivity contribution in [3.63, 3.8) is 0 Å². The van der Waals surface area contributed by atoms with Gasteiger partial charge in [0.15, 0.2) is 11.9 Å². The van der Waals surface area contributed by atoms with E-state index in [4.69, 9.17) is 0 Å². The molecule has 0 saturated heterocycles. The molecule has 0 atom stereocenters. The highest BCUT2D eigenvalue weighted by molar-refractivity contribution is 7.99. The number of carbonyl (C=O) groups is 1. The van der Waals surface area contributed by atoms with Gasteiger partial charge in [0.2, 0.25) is 5.16 Å². The lowest BCUT2D eigenvalue weighted by molar-refractivity contribution is 0.112. The van der Waals surface area contributed by atoms with Gasteiger partial charge in [-0.25, -0.2) is 4.98 Å². The maximum atomic E-state index is 10.9. The topological polar surface area (TPSA) is 60.2 Å². The predicted molar refractivity (Wildman–Crippen MR) is 66.7 cm³/mol. The number of carbonyl (C=O) groups excluding carboxylic acids is 1. The van der Waals surface area contributed by atoms with Crippen molar-refractivity contribution >= 4 is 23.7 Å². The molecule has 0 bridgehead atoms. The molecule has 5 nitrogen and oxygen atoms in total. The monoisotopic (exact) mass is 256 g/mol. The van der Waals surface area contributed by atoms with E-state index in [2.05, 4.69) is 15.2 Å². The highest BCUT2D eigenvalue weighted by Crippen LogP contribution is 2.26. The van der Waals surface area contributed by atoms with Gasteiger partial charge in [0.25, 0.3) is 0 Å². The second kappa shape index (κ2) is 4.58. The number of pyridine rings is 2. The van der Waals surface area contributed by atoms with E-state index in [9.17, 15) is 4.79 Å². The fraction of sp³-hybridized carbons (Fsp3) is 0. The van der Waals surface area contributed by atoms with Crippen LogP contribution < -0.4 is 0 Å². The second-order valence-corrected chi connectivity index (χ2v) is 4.49. The Morgan fingerprint density at radius 2 is 2.11 bits per heavy atom. The number of rotatable bonds is 3. The highest BCUT2D eigenvalue weighted by atomic mass is 32.2. The molecular weight excluding hydrogens is 248 g/mol. The van der Waals surface area contributed by atoms with Crippen LogP contribution in [0.2, 0.25) is 0 Å². The van der Waals surface area contributed by atoms with Crippen LogP contribution >= 0.6 is 11.8 Å². The Morgan fingerprint density at radius 1 is 1.17 bits per heavy atom. The molecule has 0 unspecified atom stereocenters. The van der Waals surface area contributed by atoms with E-state index < -0.39 is 0 Å². The van der Waals surface area contributed by atoms with Crippen LogP contribution in [0.1, 0.15) is 10.4 Å². The van der Waals surface area contributed by atoms with Gasteiger partial charge in [0.05, 0.1) is 0 Å². The number of nitrogens with zero attached hydrogens (tertiary/aromatic N) is 4. The van der Waals surface area contributed by atoms with Gasteiger partial charge in [0.1, 0.15) is 5.03 Å². The van der Waals surface area contributed by atoms with E-state index in [0.717, 1.165) is 11.9 Å². The largest absolute Gasteiger partial charge is 0.298 e. The average molecular weight is 256 g/mol. The Labute approximate surface area is 107 Å². The summed E-state index contributed by atoms with van der Waals surface area (Å²) in [6, 6.07) is 9.13. The minimum absolute atomic E-state index is 0.551. The quantitative estimate of drug-likeness (QED) is 0.671. The molecule has 88 valence electrons. The van der Waals surface area contributed by atoms with Crippen LogP contribution in [0.3, 0.4) is 0 Å². The summed E-state index contributed by atoms with van der Waals surface area (Å²) in [5.41, 5.74) is 1.32. The lowest BCUT2D eigenvalue weighted by Crippen LogP contribution is -1.91. The number of aldehydes is 1. The molecule has 3 rings (SSSR count). The number of hydrogen-bond acceptors (Lipinski definition) is 5. The van der Waals surface area contributed by atoms with Crippen LogP contribution in [-0.2, 0) is 0 Å². The molecule has 0 aliphatic heterocycles. The number of fused-ring (bicyclic) bond motifs is 1. The zero-order valence-corrected chi connectivity index (χ0v) is 10.0. The Morgan fingerprint density at radius 3 is 3.00 bits per heavy atom. The lowest BCUT2D eigenvalue weighted by Gasteiger charge is -2.01. The van der Waals surface area contributed by atoms with Crippen molar-refractivity contribution in [3.05, 3.63) is 48.3 Å². The number of hydrogen-bond donors (Lipinski definition) is 0. The van der Waals surface area contributed by atoms with Crippen LogP contribution in [0.5, 0.6) is 0 Å².